The molecule has 9 nitrogen and oxygen atoms in total. The molecule has 2 heterocycles. The number of methoxy groups -OCH3 is 2. The molecule has 2 aromatic rings. The number of carbonyl (C=O) groups is 3. The zero-order chi connectivity index (χ0) is 20.1. The van der Waals surface area contributed by atoms with Gasteiger partial charge in [-0.2, -0.15) is 0 Å². The van der Waals surface area contributed by atoms with Crippen molar-refractivity contribution in [2.24, 2.45) is 0 Å². The van der Waals surface area contributed by atoms with E-state index in [1.54, 1.807) is 30.3 Å². The summed E-state index contributed by atoms with van der Waals surface area (Å²) in [5.74, 6) is 0.927. The van der Waals surface area contributed by atoms with E-state index in [0.29, 0.717) is 22.9 Å². The van der Waals surface area contributed by atoms with Crippen molar-refractivity contribution >= 4 is 23.5 Å². The second kappa shape index (κ2) is 8.47. The molecule has 0 aliphatic carbocycles. The number of amides is 4. The third kappa shape index (κ3) is 4.43. The van der Waals surface area contributed by atoms with Gasteiger partial charge < -0.3 is 24.5 Å². The largest absolute Gasteiger partial charge is 0.497 e. The summed E-state index contributed by atoms with van der Waals surface area (Å²) in [4.78, 5) is 37.8. The number of furan rings is 1. The van der Waals surface area contributed by atoms with Crippen molar-refractivity contribution in [1.29, 1.82) is 0 Å². The van der Waals surface area contributed by atoms with Crippen LogP contribution in [0, 0.1) is 0 Å². The summed E-state index contributed by atoms with van der Waals surface area (Å²) in [7, 11) is 3.03. The summed E-state index contributed by atoms with van der Waals surface area (Å²) in [6.45, 7) is 0.0595. The van der Waals surface area contributed by atoms with Gasteiger partial charge >= 0.3 is 6.03 Å². The van der Waals surface area contributed by atoms with Gasteiger partial charge in [0.25, 0.3) is 5.91 Å². The summed E-state index contributed by atoms with van der Waals surface area (Å²) in [5, 5.41) is 5.34. The molecule has 0 radical (unpaired) electrons. The summed E-state index contributed by atoms with van der Waals surface area (Å²) in [6, 6.07) is 7.14. The molecular weight excluding hydrogens is 366 g/mol. The van der Waals surface area contributed by atoms with Gasteiger partial charge in [-0.25, -0.2) is 4.79 Å². The molecule has 2 N–H and O–H groups in total. The summed E-state index contributed by atoms with van der Waals surface area (Å²) in [5.41, 5.74) is 0.516. The predicted octanol–water partition coefficient (Wildman–Crippen LogP) is 2.14. The number of hydrogen-bond donors (Lipinski definition) is 2. The van der Waals surface area contributed by atoms with Crippen LogP contribution in [0.15, 0.2) is 41.0 Å². The molecule has 1 saturated heterocycles. The van der Waals surface area contributed by atoms with Gasteiger partial charge in [0.2, 0.25) is 5.91 Å². The first-order valence-electron chi connectivity index (χ1n) is 8.67. The Morgan fingerprint density at radius 3 is 2.54 bits per heavy atom. The fourth-order valence-corrected chi connectivity index (χ4v) is 2.86. The fourth-order valence-electron chi connectivity index (χ4n) is 2.86. The van der Waals surface area contributed by atoms with Crippen LogP contribution >= 0.6 is 0 Å². The zero-order valence-electron chi connectivity index (χ0n) is 15.6. The Hall–Kier alpha value is -3.49. The van der Waals surface area contributed by atoms with Gasteiger partial charge in [0.1, 0.15) is 23.3 Å². The van der Waals surface area contributed by atoms with Crippen molar-refractivity contribution in [3.05, 3.63) is 42.4 Å². The Morgan fingerprint density at radius 1 is 1.21 bits per heavy atom. The van der Waals surface area contributed by atoms with Crippen LogP contribution in [0.5, 0.6) is 11.5 Å². The Balaban J connectivity index is 1.55. The third-order valence-corrected chi connectivity index (χ3v) is 4.30. The molecule has 0 bridgehead atoms. The van der Waals surface area contributed by atoms with E-state index in [1.807, 2.05) is 0 Å². The average Bonchev–Trinajstić information content (AvgIpc) is 3.29. The minimum Gasteiger partial charge on any atom is -0.497 e. The molecule has 9 heteroatoms. The molecule has 28 heavy (non-hydrogen) atoms. The van der Waals surface area contributed by atoms with Crippen LogP contribution in [0.2, 0.25) is 0 Å². The Morgan fingerprint density at radius 2 is 1.93 bits per heavy atom. The summed E-state index contributed by atoms with van der Waals surface area (Å²) < 4.78 is 15.5. The number of nitrogens with one attached hydrogen (secondary N) is 2. The van der Waals surface area contributed by atoms with Gasteiger partial charge in [0, 0.05) is 30.3 Å². The van der Waals surface area contributed by atoms with Gasteiger partial charge in [-0.05, 0) is 18.6 Å². The lowest BCUT2D eigenvalue weighted by atomic mass is 10.1. The molecule has 1 atom stereocenters. The second-order valence-electron chi connectivity index (χ2n) is 6.19. The van der Waals surface area contributed by atoms with Crippen LogP contribution in [0.25, 0.3) is 0 Å². The molecule has 148 valence electrons. The number of anilines is 1. The van der Waals surface area contributed by atoms with E-state index in [2.05, 4.69) is 10.6 Å². The van der Waals surface area contributed by atoms with Gasteiger partial charge in [0.05, 0.1) is 27.0 Å². The maximum absolute atomic E-state index is 12.4. The highest BCUT2D eigenvalue weighted by atomic mass is 16.5. The monoisotopic (exact) mass is 387 g/mol. The lowest BCUT2D eigenvalue weighted by molar-refractivity contribution is -0.128. The Kier molecular flexibility index (Phi) is 5.83. The first-order chi connectivity index (χ1) is 13.5. The lowest BCUT2D eigenvalue weighted by Gasteiger charge is -2.12. The third-order valence-electron chi connectivity index (χ3n) is 4.30. The molecule has 1 aliphatic heterocycles. The van der Waals surface area contributed by atoms with E-state index < -0.39 is 12.1 Å². The van der Waals surface area contributed by atoms with Gasteiger partial charge in [-0.3, -0.25) is 14.5 Å². The topological polar surface area (TPSA) is 110 Å². The van der Waals surface area contributed by atoms with E-state index in [1.165, 1.54) is 20.5 Å². The standard InChI is InChI=1S/C19H21N3O6/c1-26-14-8-12(9-15(10-14)27-2)20-17(23)6-5-16-18(24)22(19(25)21-16)11-13-4-3-7-28-13/h3-4,7-10,16H,5-6,11H2,1-2H3,(H,20,23)(H,21,25)/t16-/m1/s1. The number of urea groups is 1. The zero-order valence-corrected chi connectivity index (χ0v) is 15.6. The Bertz CT molecular complexity index is 842. The molecule has 4 amide bonds. The SMILES string of the molecule is COc1cc(NC(=O)CC[C@H]2NC(=O)N(Cc3ccco3)C2=O)cc(OC)c1. The van der Waals surface area contributed by atoms with Crippen molar-refractivity contribution in [1.82, 2.24) is 10.2 Å². The molecule has 1 fully saturated rings. The highest BCUT2D eigenvalue weighted by molar-refractivity contribution is 6.04. The predicted molar refractivity (Wildman–Crippen MR) is 99.0 cm³/mol. The van der Waals surface area contributed by atoms with Crippen LogP contribution in [0.3, 0.4) is 0 Å². The molecule has 0 saturated carbocycles. The highest BCUT2D eigenvalue weighted by Crippen LogP contribution is 2.26. The quantitative estimate of drug-likeness (QED) is 0.672. The molecule has 1 aromatic heterocycles. The van der Waals surface area contributed by atoms with Crippen molar-refractivity contribution in [2.45, 2.75) is 25.4 Å². The number of carbonyl (C=O) groups excluding carboxylic acids is 3. The molecule has 1 aromatic carbocycles. The molecule has 0 spiro atoms. The highest BCUT2D eigenvalue weighted by Gasteiger charge is 2.38. The summed E-state index contributed by atoms with van der Waals surface area (Å²) in [6.07, 6.45) is 1.72. The smallest absolute Gasteiger partial charge is 0.325 e. The van der Waals surface area contributed by atoms with Crippen LogP contribution in [0.4, 0.5) is 10.5 Å². The number of rotatable bonds is 8. The van der Waals surface area contributed by atoms with Gasteiger partial charge in [-0.1, -0.05) is 0 Å². The first kappa shape index (κ1) is 19.3. The Labute approximate surface area is 161 Å². The van der Waals surface area contributed by atoms with E-state index >= 15 is 0 Å². The molecule has 0 unspecified atom stereocenters. The van der Waals surface area contributed by atoms with Crippen molar-refractivity contribution in [2.75, 3.05) is 19.5 Å². The minimum atomic E-state index is -0.743. The summed E-state index contributed by atoms with van der Waals surface area (Å²) >= 11 is 0. The van der Waals surface area contributed by atoms with Crippen LogP contribution in [-0.2, 0) is 16.1 Å². The van der Waals surface area contributed by atoms with E-state index in [-0.39, 0.29) is 31.2 Å². The maximum atomic E-state index is 12.4. The van der Waals surface area contributed by atoms with E-state index in [4.69, 9.17) is 13.9 Å². The molecule has 3 rings (SSSR count). The maximum Gasteiger partial charge on any atom is 0.325 e. The fraction of sp³-hybridized carbons (Fsp3) is 0.316. The normalized spacial score (nSPS) is 16.1. The van der Waals surface area contributed by atoms with E-state index in [0.717, 1.165) is 4.90 Å². The minimum absolute atomic E-state index is 0.0595. The van der Waals surface area contributed by atoms with Gasteiger partial charge in [-0.15, -0.1) is 0 Å². The number of hydrogen-bond acceptors (Lipinski definition) is 6. The second-order valence-corrected chi connectivity index (χ2v) is 6.19. The number of benzene rings is 1. The van der Waals surface area contributed by atoms with Crippen LogP contribution < -0.4 is 20.1 Å². The van der Waals surface area contributed by atoms with Crippen molar-refractivity contribution in [3.8, 4) is 11.5 Å². The van der Waals surface area contributed by atoms with Gasteiger partial charge in [0.15, 0.2) is 0 Å². The molecule has 1 aliphatic rings. The average molecular weight is 387 g/mol. The number of nitrogens with zero attached hydrogens (tertiary/aromatic N) is 1. The van der Waals surface area contributed by atoms with E-state index in [9.17, 15) is 14.4 Å². The number of imide groups is 1. The molecular formula is C19H21N3O6. The van der Waals surface area contributed by atoms with Crippen LogP contribution in [0.1, 0.15) is 18.6 Å². The lowest BCUT2D eigenvalue weighted by Crippen LogP contribution is -2.31. The van der Waals surface area contributed by atoms with Crippen LogP contribution in [-0.4, -0.2) is 43.0 Å². The van der Waals surface area contributed by atoms with Crippen molar-refractivity contribution < 1.29 is 28.3 Å². The number of ether oxygens (including phenoxy) is 2. The van der Waals surface area contributed by atoms with Crippen molar-refractivity contribution in [3.63, 3.8) is 0 Å². The first-order valence-corrected chi connectivity index (χ1v) is 8.67.